The van der Waals surface area contributed by atoms with Crippen LogP contribution in [0.4, 0.5) is 5.69 Å². The van der Waals surface area contributed by atoms with E-state index in [1.165, 1.54) is 0 Å². The van der Waals surface area contributed by atoms with Gasteiger partial charge in [-0.05, 0) is 37.1 Å². The van der Waals surface area contributed by atoms with Crippen LogP contribution in [-0.4, -0.2) is 17.0 Å². The van der Waals surface area contributed by atoms with Crippen molar-refractivity contribution in [3.63, 3.8) is 0 Å². The molecule has 0 radical (unpaired) electrons. The van der Waals surface area contributed by atoms with E-state index >= 15 is 0 Å². The molecular formula is C16H15NO3. The van der Waals surface area contributed by atoms with Crippen LogP contribution in [0.1, 0.15) is 31.8 Å². The number of para-hydroxylation sites is 1. The number of amides is 1. The highest BCUT2D eigenvalue weighted by Crippen LogP contribution is 2.20. The van der Waals surface area contributed by atoms with Gasteiger partial charge in [0.15, 0.2) is 0 Å². The molecule has 102 valence electrons. The van der Waals surface area contributed by atoms with E-state index in [4.69, 9.17) is 0 Å². The SMILES string of the molecule is Cc1ccc(C)c(C(=O)Nc2ccccc2)c1C(=O)O. The van der Waals surface area contributed by atoms with Crippen molar-refractivity contribution in [1.82, 2.24) is 0 Å². The summed E-state index contributed by atoms with van der Waals surface area (Å²) in [5, 5.41) is 12.0. The minimum absolute atomic E-state index is 0.0541. The molecule has 4 nitrogen and oxygen atoms in total. The summed E-state index contributed by atoms with van der Waals surface area (Å²) < 4.78 is 0. The monoisotopic (exact) mass is 269 g/mol. The van der Waals surface area contributed by atoms with Crippen molar-refractivity contribution in [2.75, 3.05) is 5.32 Å². The number of carbonyl (C=O) groups is 2. The summed E-state index contributed by atoms with van der Waals surface area (Å²) in [6, 6.07) is 12.4. The Labute approximate surface area is 117 Å². The minimum atomic E-state index is -1.09. The largest absolute Gasteiger partial charge is 0.478 e. The molecule has 0 aliphatic carbocycles. The molecule has 0 heterocycles. The van der Waals surface area contributed by atoms with Gasteiger partial charge in [-0.2, -0.15) is 0 Å². The van der Waals surface area contributed by atoms with Crippen molar-refractivity contribution in [3.8, 4) is 0 Å². The molecule has 2 rings (SSSR count). The van der Waals surface area contributed by atoms with E-state index in [2.05, 4.69) is 5.32 Å². The second-order valence-electron chi connectivity index (χ2n) is 4.57. The average Bonchev–Trinajstić information content (AvgIpc) is 2.41. The highest BCUT2D eigenvalue weighted by molar-refractivity contribution is 6.12. The topological polar surface area (TPSA) is 66.4 Å². The first-order valence-electron chi connectivity index (χ1n) is 6.20. The van der Waals surface area contributed by atoms with Gasteiger partial charge in [0, 0.05) is 5.69 Å². The molecule has 2 aromatic rings. The predicted molar refractivity (Wildman–Crippen MR) is 77.3 cm³/mol. The van der Waals surface area contributed by atoms with Crippen LogP contribution < -0.4 is 5.32 Å². The van der Waals surface area contributed by atoms with Crippen LogP contribution >= 0.6 is 0 Å². The molecule has 0 aromatic heterocycles. The number of carboxylic acid groups (broad SMARTS) is 1. The fourth-order valence-corrected chi connectivity index (χ4v) is 2.09. The van der Waals surface area contributed by atoms with Crippen molar-refractivity contribution < 1.29 is 14.7 Å². The predicted octanol–water partition coefficient (Wildman–Crippen LogP) is 3.25. The number of carbonyl (C=O) groups excluding carboxylic acids is 1. The van der Waals surface area contributed by atoms with Gasteiger partial charge in [-0.15, -0.1) is 0 Å². The van der Waals surface area contributed by atoms with Crippen molar-refractivity contribution >= 4 is 17.6 Å². The number of hydrogen-bond acceptors (Lipinski definition) is 2. The Bertz CT molecular complexity index is 663. The van der Waals surface area contributed by atoms with Crippen molar-refractivity contribution in [3.05, 3.63) is 64.7 Å². The Hall–Kier alpha value is -2.62. The lowest BCUT2D eigenvalue weighted by Crippen LogP contribution is -2.19. The van der Waals surface area contributed by atoms with Gasteiger partial charge in [-0.3, -0.25) is 4.79 Å². The Morgan fingerprint density at radius 1 is 0.900 bits per heavy atom. The third-order valence-electron chi connectivity index (χ3n) is 3.09. The molecule has 0 fully saturated rings. The van der Waals surface area contributed by atoms with Gasteiger partial charge in [0.25, 0.3) is 5.91 Å². The lowest BCUT2D eigenvalue weighted by atomic mass is 9.96. The van der Waals surface area contributed by atoms with Gasteiger partial charge in [0.1, 0.15) is 0 Å². The first-order chi connectivity index (χ1) is 9.50. The van der Waals surface area contributed by atoms with E-state index in [9.17, 15) is 14.7 Å². The van der Waals surface area contributed by atoms with E-state index < -0.39 is 11.9 Å². The first kappa shape index (κ1) is 13.8. The van der Waals surface area contributed by atoms with E-state index in [0.29, 0.717) is 16.8 Å². The smallest absolute Gasteiger partial charge is 0.336 e. The van der Waals surface area contributed by atoms with E-state index in [1.54, 1.807) is 50.2 Å². The van der Waals surface area contributed by atoms with Crippen molar-refractivity contribution in [2.45, 2.75) is 13.8 Å². The lowest BCUT2D eigenvalue weighted by molar-refractivity contribution is 0.0691. The van der Waals surface area contributed by atoms with Crippen LogP contribution in [0.15, 0.2) is 42.5 Å². The Kier molecular flexibility index (Phi) is 3.84. The quantitative estimate of drug-likeness (QED) is 0.898. The minimum Gasteiger partial charge on any atom is -0.478 e. The number of carboxylic acids is 1. The molecule has 1 amide bonds. The van der Waals surface area contributed by atoms with Gasteiger partial charge in [-0.1, -0.05) is 30.3 Å². The Balaban J connectivity index is 2.44. The Morgan fingerprint density at radius 2 is 1.45 bits per heavy atom. The molecule has 0 spiro atoms. The highest BCUT2D eigenvalue weighted by atomic mass is 16.4. The number of benzene rings is 2. The number of anilines is 1. The number of nitrogens with one attached hydrogen (secondary N) is 1. The van der Waals surface area contributed by atoms with E-state index in [0.717, 1.165) is 0 Å². The molecule has 0 aliphatic heterocycles. The van der Waals surface area contributed by atoms with Crippen LogP contribution in [0.3, 0.4) is 0 Å². The molecule has 2 N–H and O–H groups in total. The Morgan fingerprint density at radius 3 is 2.00 bits per heavy atom. The maximum Gasteiger partial charge on any atom is 0.336 e. The lowest BCUT2D eigenvalue weighted by Gasteiger charge is -2.12. The number of aromatic carboxylic acids is 1. The molecule has 4 heteroatoms. The maximum absolute atomic E-state index is 12.3. The standard InChI is InChI=1S/C16H15NO3/c1-10-8-9-11(2)14(16(19)20)13(10)15(18)17-12-6-4-3-5-7-12/h3-9H,1-2H3,(H,17,18)(H,19,20). The first-order valence-corrected chi connectivity index (χ1v) is 6.20. The van der Waals surface area contributed by atoms with Crippen molar-refractivity contribution in [1.29, 1.82) is 0 Å². The molecule has 0 bridgehead atoms. The van der Waals surface area contributed by atoms with E-state index in [1.807, 2.05) is 6.07 Å². The summed E-state index contributed by atoms with van der Waals surface area (Å²) in [7, 11) is 0. The van der Waals surface area contributed by atoms with Crippen LogP contribution in [0.25, 0.3) is 0 Å². The zero-order chi connectivity index (χ0) is 14.7. The summed E-state index contributed by atoms with van der Waals surface area (Å²) in [5.74, 6) is -1.50. The summed E-state index contributed by atoms with van der Waals surface area (Å²) in [6.07, 6.45) is 0. The molecule has 0 unspecified atom stereocenters. The summed E-state index contributed by atoms with van der Waals surface area (Å²) in [6.45, 7) is 3.41. The number of rotatable bonds is 3. The fraction of sp³-hybridized carbons (Fsp3) is 0.125. The second kappa shape index (κ2) is 5.57. The van der Waals surface area contributed by atoms with Crippen LogP contribution in [0, 0.1) is 13.8 Å². The van der Waals surface area contributed by atoms with Gasteiger partial charge >= 0.3 is 5.97 Å². The van der Waals surface area contributed by atoms with Crippen molar-refractivity contribution in [2.24, 2.45) is 0 Å². The normalized spacial score (nSPS) is 10.1. The molecule has 0 saturated heterocycles. The van der Waals surface area contributed by atoms with Gasteiger partial charge in [-0.25, -0.2) is 4.79 Å². The van der Waals surface area contributed by atoms with Crippen LogP contribution in [0.2, 0.25) is 0 Å². The van der Waals surface area contributed by atoms with E-state index in [-0.39, 0.29) is 11.1 Å². The molecule has 0 aliphatic rings. The molecular weight excluding hydrogens is 254 g/mol. The highest BCUT2D eigenvalue weighted by Gasteiger charge is 2.21. The summed E-state index contributed by atoms with van der Waals surface area (Å²) in [4.78, 5) is 23.7. The maximum atomic E-state index is 12.3. The van der Waals surface area contributed by atoms with Gasteiger partial charge < -0.3 is 10.4 Å². The van der Waals surface area contributed by atoms with Gasteiger partial charge in [0.2, 0.25) is 0 Å². The number of hydrogen-bond donors (Lipinski definition) is 2. The van der Waals surface area contributed by atoms with Crippen LogP contribution in [-0.2, 0) is 0 Å². The van der Waals surface area contributed by atoms with Crippen LogP contribution in [0.5, 0.6) is 0 Å². The molecule has 20 heavy (non-hydrogen) atoms. The zero-order valence-electron chi connectivity index (χ0n) is 11.3. The third-order valence-corrected chi connectivity index (χ3v) is 3.09. The fourth-order valence-electron chi connectivity index (χ4n) is 2.09. The summed E-state index contributed by atoms with van der Waals surface area (Å²) >= 11 is 0. The molecule has 2 aromatic carbocycles. The number of aryl methyl sites for hydroxylation is 2. The van der Waals surface area contributed by atoms with Gasteiger partial charge in [0.05, 0.1) is 11.1 Å². The third kappa shape index (κ3) is 2.69. The summed E-state index contributed by atoms with van der Waals surface area (Å²) in [5.41, 5.74) is 2.11. The average molecular weight is 269 g/mol. The molecule has 0 saturated carbocycles. The molecule has 0 atom stereocenters. The second-order valence-corrected chi connectivity index (χ2v) is 4.57. The zero-order valence-corrected chi connectivity index (χ0v) is 11.3.